The first kappa shape index (κ1) is 24.1. The number of rotatable bonds is 6. The molecule has 38 heavy (non-hydrogen) atoms. The molecular formula is C32H22Cl2N2O2. The van der Waals surface area contributed by atoms with Crippen LogP contribution in [0.1, 0.15) is 15.9 Å². The molecule has 0 unspecified atom stereocenters. The topological polar surface area (TPSA) is 57.2 Å². The van der Waals surface area contributed by atoms with Crippen LogP contribution in [0.15, 0.2) is 109 Å². The molecule has 6 heteroatoms. The lowest BCUT2D eigenvalue weighted by atomic mass is 10.0. The van der Waals surface area contributed by atoms with Crippen LogP contribution in [0.4, 0.5) is 0 Å². The zero-order valence-corrected chi connectivity index (χ0v) is 21.7. The van der Waals surface area contributed by atoms with E-state index in [1.807, 2.05) is 91.0 Å². The first-order chi connectivity index (χ1) is 18.5. The van der Waals surface area contributed by atoms with Gasteiger partial charge in [0.15, 0.2) is 0 Å². The minimum absolute atomic E-state index is 0.465. The van der Waals surface area contributed by atoms with Crippen molar-refractivity contribution in [1.82, 2.24) is 4.57 Å². The Morgan fingerprint density at radius 2 is 1.58 bits per heavy atom. The van der Waals surface area contributed by atoms with Gasteiger partial charge in [0.1, 0.15) is 11.5 Å². The number of nitrogens with zero attached hydrogens (tertiary/aromatic N) is 1. The SMILES string of the molecule is NC(=O)c1cccc2c1c1ccc(-c3ccc(Cl)cc3Cl)cc1n2Cc1ccccc1Oc1ccccc1. The normalized spacial score (nSPS) is 11.2. The lowest BCUT2D eigenvalue weighted by Gasteiger charge is -2.14. The Labute approximate surface area is 229 Å². The fraction of sp³-hybridized carbons (Fsp3) is 0.0312. The summed E-state index contributed by atoms with van der Waals surface area (Å²) in [6, 6.07) is 34.9. The van der Waals surface area contributed by atoms with Gasteiger partial charge in [-0.25, -0.2) is 0 Å². The van der Waals surface area contributed by atoms with Crippen LogP contribution in [0.3, 0.4) is 0 Å². The number of ether oxygens (including phenoxy) is 1. The number of carbonyl (C=O) groups is 1. The van der Waals surface area contributed by atoms with E-state index in [1.165, 1.54) is 0 Å². The molecule has 4 nitrogen and oxygen atoms in total. The van der Waals surface area contributed by atoms with Crippen molar-refractivity contribution in [3.8, 4) is 22.6 Å². The van der Waals surface area contributed by atoms with Gasteiger partial charge in [0.05, 0.1) is 17.6 Å². The predicted octanol–water partition coefficient (Wildman–Crippen LogP) is 8.71. The molecule has 1 amide bonds. The van der Waals surface area contributed by atoms with Crippen LogP contribution in [0.5, 0.6) is 11.5 Å². The highest BCUT2D eigenvalue weighted by molar-refractivity contribution is 6.36. The van der Waals surface area contributed by atoms with Gasteiger partial charge < -0.3 is 15.0 Å². The quantitative estimate of drug-likeness (QED) is 0.231. The molecule has 5 aromatic carbocycles. The van der Waals surface area contributed by atoms with Crippen molar-refractivity contribution >= 4 is 50.9 Å². The van der Waals surface area contributed by atoms with E-state index < -0.39 is 5.91 Å². The van der Waals surface area contributed by atoms with Gasteiger partial charge in [-0.1, -0.05) is 83.9 Å². The van der Waals surface area contributed by atoms with Crippen molar-refractivity contribution in [2.75, 3.05) is 0 Å². The highest BCUT2D eigenvalue weighted by Gasteiger charge is 2.19. The summed E-state index contributed by atoms with van der Waals surface area (Å²) in [5.74, 6) is 1.06. The molecule has 186 valence electrons. The second-order valence-corrected chi connectivity index (χ2v) is 9.87. The molecule has 0 aliphatic rings. The number of hydrogen-bond donors (Lipinski definition) is 1. The number of primary amides is 1. The van der Waals surface area contributed by atoms with Gasteiger partial charge in [-0.2, -0.15) is 0 Å². The smallest absolute Gasteiger partial charge is 0.249 e. The van der Waals surface area contributed by atoms with E-state index in [4.69, 9.17) is 33.7 Å². The number of fused-ring (bicyclic) bond motifs is 3. The van der Waals surface area contributed by atoms with Gasteiger partial charge in [-0.15, -0.1) is 0 Å². The molecule has 0 saturated carbocycles. The lowest BCUT2D eigenvalue weighted by Crippen LogP contribution is -2.11. The molecule has 1 aromatic heterocycles. The maximum Gasteiger partial charge on any atom is 0.249 e. The molecule has 0 saturated heterocycles. The predicted molar refractivity (Wildman–Crippen MR) is 155 cm³/mol. The van der Waals surface area contributed by atoms with Crippen LogP contribution in [-0.2, 0) is 6.54 Å². The largest absolute Gasteiger partial charge is 0.457 e. The molecule has 0 aliphatic heterocycles. The van der Waals surface area contributed by atoms with Crippen molar-refractivity contribution in [2.24, 2.45) is 5.73 Å². The second kappa shape index (κ2) is 9.90. The van der Waals surface area contributed by atoms with Crippen LogP contribution in [0.25, 0.3) is 32.9 Å². The maximum absolute atomic E-state index is 12.4. The standard InChI is InChI=1S/C32H22Cl2N2O2/c33-22-14-16-24(27(34)18-22)20-13-15-25-29(17-20)36(28-11-6-10-26(31(25)28)32(35)37)19-21-7-4-5-12-30(21)38-23-8-2-1-3-9-23/h1-18H,19H2,(H2,35,37). The molecule has 0 fully saturated rings. The Morgan fingerprint density at radius 3 is 2.37 bits per heavy atom. The van der Waals surface area contributed by atoms with E-state index in [-0.39, 0.29) is 0 Å². The number of benzene rings is 5. The first-order valence-electron chi connectivity index (χ1n) is 12.1. The van der Waals surface area contributed by atoms with Gasteiger partial charge in [-0.05, 0) is 54.1 Å². The third-order valence-corrected chi connectivity index (χ3v) is 7.22. The molecule has 2 N–H and O–H groups in total. The molecule has 1 heterocycles. The van der Waals surface area contributed by atoms with E-state index >= 15 is 0 Å². The molecule has 6 aromatic rings. The summed E-state index contributed by atoms with van der Waals surface area (Å²) < 4.78 is 8.44. The number of halogens is 2. The van der Waals surface area contributed by atoms with Crippen LogP contribution < -0.4 is 10.5 Å². The van der Waals surface area contributed by atoms with Gasteiger partial charge in [0.25, 0.3) is 0 Å². The lowest BCUT2D eigenvalue weighted by molar-refractivity contribution is 0.100. The molecule has 0 bridgehead atoms. The highest BCUT2D eigenvalue weighted by Crippen LogP contribution is 2.38. The van der Waals surface area contributed by atoms with Crippen LogP contribution in [-0.4, -0.2) is 10.5 Å². The average molecular weight is 537 g/mol. The minimum atomic E-state index is -0.465. The summed E-state index contributed by atoms with van der Waals surface area (Å²) in [6.07, 6.45) is 0. The van der Waals surface area contributed by atoms with Crippen molar-refractivity contribution in [1.29, 1.82) is 0 Å². The summed E-state index contributed by atoms with van der Waals surface area (Å²) >= 11 is 12.7. The van der Waals surface area contributed by atoms with E-state index in [0.29, 0.717) is 22.2 Å². The third kappa shape index (κ3) is 4.38. The van der Waals surface area contributed by atoms with Crippen LogP contribution in [0, 0.1) is 0 Å². The zero-order chi connectivity index (χ0) is 26.2. The molecular weight excluding hydrogens is 515 g/mol. The zero-order valence-electron chi connectivity index (χ0n) is 20.2. The fourth-order valence-electron chi connectivity index (χ4n) is 4.93. The molecule has 0 atom stereocenters. The number of carbonyl (C=O) groups excluding carboxylic acids is 1. The monoisotopic (exact) mass is 536 g/mol. The Bertz CT molecular complexity index is 1830. The highest BCUT2D eigenvalue weighted by atomic mass is 35.5. The maximum atomic E-state index is 12.4. The second-order valence-electron chi connectivity index (χ2n) is 9.03. The molecule has 0 aliphatic carbocycles. The van der Waals surface area contributed by atoms with E-state index in [9.17, 15) is 4.79 Å². The van der Waals surface area contributed by atoms with Crippen LogP contribution in [0.2, 0.25) is 10.0 Å². The van der Waals surface area contributed by atoms with E-state index in [1.54, 1.807) is 12.1 Å². The third-order valence-electron chi connectivity index (χ3n) is 6.67. The van der Waals surface area contributed by atoms with Gasteiger partial charge in [0.2, 0.25) is 5.91 Å². The first-order valence-corrected chi connectivity index (χ1v) is 12.9. The molecule has 0 spiro atoms. The van der Waals surface area contributed by atoms with Crippen molar-refractivity contribution in [3.05, 3.63) is 130 Å². The van der Waals surface area contributed by atoms with Crippen molar-refractivity contribution < 1.29 is 9.53 Å². The number of hydrogen-bond acceptors (Lipinski definition) is 2. The van der Waals surface area contributed by atoms with E-state index in [0.717, 1.165) is 50.0 Å². The van der Waals surface area contributed by atoms with Crippen molar-refractivity contribution in [2.45, 2.75) is 6.54 Å². The van der Waals surface area contributed by atoms with Gasteiger partial charge in [-0.3, -0.25) is 4.79 Å². The van der Waals surface area contributed by atoms with Gasteiger partial charge in [0, 0.05) is 37.5 Å². The number of nitrogens with two attached hydrogens (primary N) is 1. The Hall–Kier alpha value is -4.25. The van der Waals surface area contributed by atoms with Crippen molar-refractivity contribution in [3.63, 3.8) is 0 Å². The number of para-hydroxylation sites is 2. The fourth-order valence-corrected chi connectivity index (χ4v) is 5.45. The number of aromatic nitrogens is 1. The van der Waals surface area contributed by atoms with E-state index in [2.05, 4.69) is 10.6 Å². The summed E-state index contributed by atoms with van der Waals surface area (Å²) in [5, 5.41) is 2.91. The molecule has 0 radical (unpaired) electrons. The number of amides is 1. The summed E-state index contributed by atoms with van der Waals surface area (Å²) in [7, 11) is 0. The summed E-state index contributed by atoms with van der Waals surface area (Å²) in [6.45, 7) is 0.517. The average Bonchev–Trinajstić information content (AvgIpc) is 3.23. The Kier molecular flexibility index (Phi) is 6.28. The Morgan fingerprint density at radius 1 is 0.789 bits per heavy atom. The van der Waals surface area contributed by atoms with Gasteiger partial charge >= 0.3 is 0 Å². The summed E-state index contributed by atoms with van der Waals surface area (Å²) in [5.41, 5.74) is 11.0. The minimum Gasteiger partial charge on any atom is -0.457 e. The Balaban J connectivity index is 1.56. The van der Waals surface area contributed by atoms with Crippen LogP contribution >= 0.6 is 23.2 Å². The molecule has 6 rings (SSSR count). The summed E-state index contributed by atoms with van der Waals surface area (Å²) in [4.78, 5) is 12.4.